The van der Waals surface area contributed by atoms with Crippen molar-refractivity contribution in [1.82, 2.24) is 20.2 Å². The number of fused-ring (bicyclic) bond motifs is 1. The summed E-state index contributed by atoms with van der Waals surface area (Å²) in [4.78, 5) is 32.7. The number of aromatic nitrogens is 2. The van der Waals surface area contributed by atoms with Gasteiger partial charge in [-0.1, -0.05) is 0 Å². The molecule has 20 heavy (non-hydrogen) atoms. The average molecular weight is 271 g/mol. The van der Waals surface area contributed by atoms with Gasteiger partial charge in [-0.25, -0.2) is 4.79 Å². The zero-order chi connectivity index (χ0) is 14.1. The minimum atomic E-state index is -0.462. The third-order valence-corrected chi connectivity index (χ3v) is 3.26. The van der Waals surface area contributed by atoms with Gasteiger partial charge in [0.2, 0.25) is 0 Å². The molecule has 3 amide bonds. The minimum Gasteiger partial charge on any atom is -0.351 e. The summed E-state index contributed by atoms with van der Waals surface area (Å²) < 4.78 is 0. The maximum absolute atomic E-state index is 12.1. The predicted molar refractivity (Wildman–Crippen MR) is 71.9 cm³/mol. The molecule has 3 rings (SSSR count). The van der Waals surface area contributed by atoms with Crippen LogP contribution in [0.5, 0.6) is 0 Å². The molecule has 0 aliphatic carbocycles. The van der Waals surface area contributed by atoms with Crippen molar-refractivity contribution in [3.05, 3.63) is 36.2 Å². The smallest absolute Gasteiger partial charge is 0.314 e. The first-order chi connectivity index (χ1) is 9.63. The molecule has 1 aliphatic rings. The molecule has 7 heteroatoms. The van der Waals surface area contributed by atoms with Gasteiger partial charge in [0.05, 0.1) is 17.1 Å². The van der Waals surface area contributed by atoms with E-state index >= 15 is 0 Å². The van der Waals surface area contributed by atoms with E-state index in [2.05, 4.69) is 15.3 Å². The molecule has 0 unspecified atom stereocenters. The van der Waals surface area contributed by atoms with Gasteiger partial charge < -0.3 is 16.0 Å². The Morgan fingerprint density at radius 3 is 2.60 bits per heavy atom. The Hall–Kier alpha value is -2.70. The lowest BCUT2D eigenvalue weighted by Gasteiger charge is -2.38. The summed E-state index contributed by atoms with van der Waals surface area (Å²) in [5.41, 5.74) is 7.06. The number of benzene rings is 1. The lowest BCUT2D eigenvalue weighted by molar-refractivity contribution is 0.0861. The third-order valence-electron chi connectivity index (χ3n) is 3.26. The van der Waals surface area contributed by atoms with Gasteiger partial charge >= 0.3 is 6.03 Å². The van der Waals surface area contributed by atoms with E-state index in [0.29, 0.717) is 24.2 Å². The third kappa shape index (κ3) is 2.25. The van der Waals surface area contributed by atoms with Gasteiger partial charge in [-0.2, -0.15) is 0 Å². The van der Waals surface area contributed by atoms with Crippen LogP contribution in [-0.4, -0.2) is 45.9 Å². The zero-order valence-electron chi connectivity index (χ0n) is 10.6. The number of primary amides is 1. The molecule has 0 spiro atoms. The molecule has 0 saturated carbocycles. The molecule has 3 N–H and O–H groups in total. The molecule has 0 radical (unpaired) electrons. The number of rotatable bonds is 2. The monoisotopic (exact) mass is 271 g/mol. The quantitative estimate of drug-likeness (QED) is 0.810. The molecule has 0 atom stereocenters. The highest BCUT2D eigenvalue weighted by Crippen LogP contribution is 2.12. The number of nitrogens with one attached hydrogen (secondary N) is 1. The number of carbonyl (C=O) groups is 2. The Bertz CT molecular complexity index is 681. The van der Waals surface area contributed by atoms with Crippen LogP contribution >= 0.6 is 0 Å². The molecule has 1 aliphatic heterocycles. The van der Waals surface area contributed by atoms with Gasteiger partial charge in [0.15, 0.2) is 0 Å². The lowest BCUT2D eigenvalue weighted by atomic mass is 10.1. The van der Waals surface area contributed by atoms with Crippen molar-refractivity contribution in [2.45, 2.75) is 6.04 Å². The van der Waals surface area contributed by atoms with Crippen molar-refractivity contribution in [2.75, 3.05) is 13.1 Å². The molecular formula is C13H13N5O2. The molecule has 1 aromatic carbocycles. The second-order valence-electron chi connectivity index (χ2n) is 4.67. The highest BCUT2D eigenvalue weighted by Gasteiger charge is 2.30. The fourth-order valence-corrected chi connectivity index (χ4v) is 2.12. The largest absolute Gasteiger partial charge is 0.351 e. The van der Waals surface area contributed by atoms with Crippen molar-refractivity contribution < 1.29 is 9.59 Å². The number of amides is 3. The fraction of sp³-hybridized carbons (Fsp3) is 0.231. The standard InChI is InChI=1S/C13H13N5O2/c14-13(20)18-6-9(7-18)17-12(19)8-1-2-10-11(5-8)16-4-3-15-10/h1-5,9H,6-7H2,(H2,14,20)(H,17,19). The van der Waals surface area contributed by atoms with Gasteiger partial charge in [0.1, 0.15) is 0 Å². The van der Waals surface area contributed by atoms with Crippen LogP contribution in [0, 0.1) is 0 Å². The van der Waals surface area contributed by atoms with Crippen molar-refractivity contribution in [2.24, 2.45) is 5.73 Å². The molecule has 1 aromatic heterocycles. The van der Waals surface area contributed by atoms with Crippen LogP contribution in [0.1, 0.15) is 10.4 Å². The molecular weight excluding hydrogens is 258 g/mol. The summed E-state index contributed by atoms with van der Waals surface area (Å²) in [6.07, 6.45) is 3.19. The number of nitrogens with two attached hydrogens (primary N) is 1. The van der Waals surface area contributed by atoms with Crippen LogP contribution in [0.25, 0.3) is 11.0 Å². The molecule has 0 bridgehead atoms. The number of hydrogen-bond acceptors (Lipinski definition) is 4. The summed E-state index contributed by atoms with van der Waals surface area (Å²) in [7, 11) is 0. The van der Waals surface area contributed by atoms with Crippen LogP contribution in [0.4, 0.5) is 4.79 Å². The van der Waals surface area contributed by atoms with Crippen LogP contribution < -0.4 is 11.1 Å². The van der Waals surface area contributed by atoms with Crippen molar-refractivity contribution in [3.63, 3.8) is 0 Å². The van der Waals surface area contributed by atoms with Crippen LogP contribution in [0.15, 0.2) is 30.6 Å². The van der Waals surface area contributed by atoms with E-state index in [4.69, 9.17) is 5.73 Å². The van der Waals surface area contributed by atoms with Crippen LogP contribution in [-0.2, 0) is 0 Å². The van der Waals surface area contributed by atoms with Crippen LogP contribution in [0.3, 0.4) is 0 Å². The zero-order valence-corrected chi connectivity index (χ0v) is 10.6. The summed E-state index contributed by atoms with van der Waals surface area (Å²) in [5, 5.41) is 2.85. The van der Waals surface area contributed by atoms with Crippen molar-refractivity contribution in [1.29, 1.82) is 0 Å². The second kappa shape index (κ2) is 4.76. The van der Waals surface area contributed by atoms with E-state index in [-0.39, 0.29) is 11.9 Å². The summed E-state index contributed by atoms with van der Waals surface area (Å²) in [5.74, 6) is -0.188. The second-order valence-corrected chi connectivity index (χ2v) is 4.67. The van der Waals surface area contributed by atoms with Gasteiger partial charge in [-0.05, 0) is 18.2 Å². The summed E-state index contributed by atoms with van der Waals surface area (Å²) >= 11 is 0. The Morgan fingerprint density at radius 1 is 1.20 bits per heavy atom. The number of urea groups is 1. The van der Waals surface area contributed by atoms with E-state index in [1.54, 1.807) is 30.6 Å². The van der Waals surface area contributed by atoms with Crippen molar-refractivity contribution >= 4 is 23.0 Å². The number of likely N-dealkylation sites (tertiary alicyclic amines) is 1. The minimum absolute atomic E-state index is 0.0486. The first-order valence-electron chi connectivity index (χ1n) is 6.19. The Kier molecular flexibility index (Phi) is 2.94. The number of hydrogen-bond donors (Lipinski definition) is 2. The van der Waals surface area contributed by atoms with Crippen LogP contribution in [0.2, 0.25) is 0 Å². The van der Waals surface area contributed by atoms with Crippen molar-refractivity contribution in [3.8, 4) is 0 Å². The molecule has 1 fully saturated rings. The highest BCUT2D eigenvalue weighted by molar-refractivity contribution is 5.97. The van der Waals surface area contributed by atoms with Gasteiger partial charge in [-0.3, -0.25) is 14.8 Å². The first-order valence-corrected chi connectivity index (χ1v) is 6.19. The lowest BCUT2D eigenvalue weighted by Crippen LogP contribution is -2.62. The van der Waals surface area contributed by atoms with E-state index in [1.165, 1.54) is 4.90 Å². The summed E-state index contributed by atoms with van der Waals surface area (Å²) in [6.45, 7) is 0.906. The fourth-order valence-electron chi connectivity index (χ4n) is 2.12. The van der Waals surface area contributed by atoms with E-state index in [9.17, 15) is 9.59 Å². The Balaban J connectivity index is 1.69. The summed E-state index contributed by atoms with van der Waals surface area (Å²) in [6, 6.07) is 4.65. The van der Waals surface area contributed by atoms with Gasteiger partial charge in [-0.15, -0.1) is 0 Å². The molecule has 2 heterocycles. The normalized spacial score (nSPS) is 14.9. The number of carbonyl (C=O) groups excluding carboxylic acids is 2. The predicted octanol–water partition coefficient (Wildman–Crippen LogP) is 0.122. The van der Waals surface area contributed by atoms with E-state index in [0.717, 1.165) is 5.52 Å². The molecule has 1 saturated heterocycles. The molecule has 7 nitrogen and oxygen atoms in total. The maximum atomic E-state index is 12.1. The first kappa shape index (κ1) is 12.3. The number of nitrogens with zero attached hydrogens (tertiary/aromatic N) is 3. The van der Waals surface area contributed by atoms with Gasteiger partial charge in [0.25, 0.3) is 5.91 Å². The van der Waals surface area contributed by atoms with E-state index in [1.807, 2.05) is 0 Å². The van der Waals surface area contributed by atoms with Gasteiger partial charge in [0, 0.05) is 31.0 Å². The van der Waals surface area contributed by atoms with E-state index < -0.39 is 6.03 Å². The molecule has 2 aromatic rings. The topological polar surface area (TPSA) is 101 Å². The average Bonchev–Trinajstić information content (AvgIpc) is 2.41. The maximum Gasteiger partial charge on any atom is 0.314 e. The Labute approximate surface area is 114 Å². The highest BCUT2D eigenvalue weighted by atomic mass is 16.2. The SMILES string of the molecule is NC(=O)N1CC(NC(=O)c2ccc3nccnc3c2)C1. The molecule has 102 valence electrons. The Morgan fingerprint density at radius 2 is 1.90 bits per heavy atom.